The van der Waals surface area contributed by atoms with Crippen LogP contribution in [0.25, 0.3) is 0 Å². The van der Waals surface area contributed by atoms with Crippen LogP contribution < -0.4 is 21.7 Å². The third-order valence-corrected chi connectivity index (χ3v) is 5.32. The quantitative estimate of drug-likeness (QED) is 0.209. The lowest BCUT2D eigenvalue weighted by atomic mass is 9.97. The zero-order valence-corrected chi connectivity index (χ0v) is 19.2. The molecule has 8 N–H and O–H groups in total. The van der Waals surface area contributed by atoms with Crippen LogP contribution in [-0.4, -0.2) is 69.3 Å². The highest BCUT2D eigenvalue weighted by Crippen LogP contribution is 2.12. The van der Waals surface area contributed by atoms with Gasteiger partial charge in [0.05, 0.1) is 12.1 Å². The molecular weight excluding hydrogens is 432 g/mol. The summed E-state index contributed by atoms with van der Waals surface area (Å²) in [6.07, 6.45) is -0.648. The number of aliphatic hydroxyl groups is 1. The lowest BCUT2D eigenvalue weighted by Gasteiger charge is -2.27. The first-order chi connectivity index (χ1) is 15.4. The van der Waals surface area contributed by atoms with E-state index in [1.807, 2.05) is 0 Å². The van der Waals surface area contributed by atoms with Gasteiger partial charge in [-0.15, -0.1) is 0 Å². The van der Waals surface area contributed by atoms with Crippen molar-refractivity contribution in [2.24, 2.45) is 11.7 Å². The molecule has 0 aromatic heterocycles. The molecule has 0 bridgehead atoms. The molecule has 184 valence electrons. The number of carbonyl (C=O) groups is 4. The Balaban J connectivity index is 2.77. The number of carbonyl (C=O) groups excluding carboxylic acids is 3. The fourth-order valence-corrected chi connectivity index (χ4v) is 2.98. The summed E-state index contributed by atoms with van der Waals surface area (Å²) in [5.74, 6) is -3.65. The average molecular weight is 467 g/mol. The van der Waals surface area contributed by atoms with Crippen molar-refractivity contribution < 1.29 is 34.5 Å². The van der Waals surface area contributed by atoms with Gasteiger partial charge in [0, 0.05) is 0 Å². The van der Waals surface area contributed by atoms with Gasteiger partial charge in [-0.05, 0) is 43.9 Å². The van der Waals surface area contributed by atoms with E-state index in [0.29, 0.717) is 6.42 Å². The number of aliphatic carboxylic acids is 1. The predicted molar refractivity (Wildman–Crippen MR) is 120 cm³/mol. The molecule has 3 amide bonds. The van der Waals surface area contributed by atoms with E-state index in [2.05, 4.69) is 16.0 Å². The molecule has 6 unspecified atom stereocenters. The molecule has 1 rings (SSSR count). The Bertz CT molecular complexity index is 829. The Labute approximate surface area is 192 Å². The Morgan fingerprint density at radius 3 is 1.94 bits per heavy atom. The molecule has 1 aromatic rings. The first-order valence-electron chi connectivity index (χ1n) is 10.7. The standard InChI is InChI=1S/C22H34N4O7/c1-5-11(2)17(21(31)26-18(13(4)27)22(32)33)25-19(29)12(3)24-20(30)16(23)10-14-6-8-15(28)9-7-14/h6-9,11-13,16-18,27-28H,5,10,23H2,1-4H3,(H,24,30)(H,25,29)(H,26,31)(H,32,33). The van der Waals surface area contributed by atoms with Crippen LogP contribution >= 0.6 is 0 Å². The van der Waals surface area contributed by atoms with Gasteiger partial charge in [0.2, 0.25) is 17.7 Å². The zero-order valence-electron chi connectivity index (χ0n) is 19.2. The van der Waals surface area contributed by atoms with Crippen LogP contribution in [-0.2, 0) is 25.6 Å². The summed E-state index contributed by atoms with van der Waals surface area (Å²) >= 11 is 0. The highest BCUT2D eigenvalue weighted by atomic mass is 16.4. The summed E-state index contributed by atoms with van der Waals surface area (Å²) in [5.41, 5.74) is 6.65. The normalized spacial score (nSPS) is 16.4. The van der Waals surface area contributed by atoms with Crippen molar-refractivity contribution in [3.8, 4) is 5.75 Å². The van der Waals surface area contributed by atoms with Crippen LogP contribution in [0.2, 0.25) is 0 Å². The van der Waals surface area contributed by atoms with Gasteiger partial charge in [-0.25, -0.2) is 4.79 Å². The summed E-state index contributed by atoms with van der Waals surface area (Å²) in [6, 6.07) is 1.64. The number of phenols is 1. The number of nitrogens with one attached hydrogen (secondary N) is 3. The van der Waals surface area contributed by atoms with Gasteiger partial charge in [0.25, 0.3) is 0 Å². The monoisotopic (exact) mass is 466 g/mol. The number of carboxylic acid groups (broad SMARTS) is 1. The van der Waals surface area contributed by atoms with Crippen molar-refractivity contribution in [1.82, 2.24) is 16.0 Å². The maximum atomic E-state index is 12.7. The fraction of sp³-hybridized carbons (Fsp3) is 0.545. The number of hydrogen-bond donors (Lipinski definition) is 7. The molecule has 1 aromatic carbocycles. The van der Waals surface area contributed by atoms with Gasteiger partial charge in [-0.1, -0.05) is 32.4 Å². The molecule has 0 aliphatic rings. The Kier molecular flexibility index (Phi) is 10.8. The number of phenolic OH excluding ortho intramolecular Hbond substituents is 1. The number of benzene rings is 1. The first kappa shape index (κ1) is 27.9. The van der Waals surface area contributed by atoms with Crippen LogP contribution in [0.4, 0.5) is 0 Å². The summed E-state index contributed by atoms with van der Waals surface area (Å²) in [4.78, 5) is 49.0. The van der Waals surface area contributed by atoms with Crippen LogP contribution in [0.1, 0.15) is 39.7 Å². The number of rotatable bonds is 12. The second-order valence-electron chi connectivity index (χ2n) is 8.14. The number of nitrogens with two attached hydrogens (primary N) is 1. The van der Waals surface area contributed by atoms with Crippen molar-refractivity contribution in [3.05, 3.63) is 29.8 Å². The van der Waals surface area contributed by atoms with Crippen molar-refractivity contribution in [2.75, 3.05) is 0 Å². The number of amides is 3. The van der Waals surface area contributed by atoms with E-state index in [1.54, 1.807) is 26.0 Å². The topological polar surface area (TPSA) is 191 Å². The summed E-state index contributed by atoms with van der Waals surface area (Å²) in [5, 5.41) is 35.4. The van der Waals surface area contributed by atoms with Crippen molar-refractivity contribution in [2.45, 2.75) is 70.8 Å². The van der Waals surface area contributed by atoms with Crippen LogP contribution in [0.3, 0.4) is 0 Å². The summed E-state index contributed by atoms with van der Waals surface area (Å²) in [7, 11) is 0. The van der Waals surface area contributed by atoms with E-state index in [0.717, 1.165) is 5.56 Å². The van der Waals surface area contributed by atoms with Crippen molar-refractivity contribution in [1.29, 1.82) is 0 Å². The van der Waals surface area contributed by atoms with E-state index in [4.69, 9.17) is 5.73 Å². The Hall–Kier alpha value is -3.18. The molecular formula is C22H34N4O7. The lowest BCUT2D eigenvalue weighted by Crippen LogP contribution is -2.59. The highest BCUT2D eigenvalue weighted by Gasteiger charge is 2.33. The number of hydrogen-bond acceptors (Lipinski definition) is 7. The minimum Gasteiger partial charge on any atom is -0.508 e. The molecule has 33 heavy (non-hydrogen) atoms. The average Bonchev–Trinajstić information content (AvgIpc) is 2.75. The smallest absolute Gasteiger partial charge is 0.328 e. The molecule has 0 aliphatic heterocycles. The van der Waals surface area contributed by atoms with E-state index in [-0.39, 0.29) is 18.1 Å². The molecule has 0 saturated heterocycles. The maximum absolute atomic E-state index is 12.7. The number of carboxylic acids is 1. The minimum atomic E-state index is -1.53. The fourth-order valence-electron chi connectivity index (χ4n) is 2.98. The van der Waals surface area contributed by atoms with Gasteiger partial charge in [-0.3, -0.25) is 14.4 Å². The molecule has 0 spiro atoms. The number of aromatic hydroxyl groups is 1. The molecule has 11 nitrogen and oxygen atoms in total. The lowest BCUT2D eigenvalue weighted by molar-refractivity contribution is -0.145. The van der Waals surface area contributed by atoms with Crippen molar-refractivity contribution >= 4 is 23.7 Å². The van der Waals surface area contributed by atoms with Gasteiger partial charge in [0.15, 0.2) is 6.04 Å². The van der Waals surface area contributed by atoms with E-state index >= 15 is 0 Å². The molecule has 0 radical (unpaired) electrons. The number of aliphatic hydroxyl groups excluding tert-OH is 1. The first-order valence-corrected chi connectivity index (χ1v) is 10.7. The predicted octanol–water partition coefficient (Wildman–Crippen LogP) is -0.752. The maximum Gasteiger partial charge on any atom is 0.328 e. The second kappa shape index (κ2) is 12.8. The van der Waals surface area contributed by atoms with Crippen LogP contribution in [0, 0.1) is 5.92 Å². The van der Waals surface area contributed by atoms with Gasteiger partial charge >= 0.3 is 5.97 Å². The molecule has 0 saturated carbocycles. The molecule has 6 atom stereocenters. The Morgan fingerprint density at radius 1 is 0.909 bits per heavy atom. The second-order valence-corrected chi connectivity index (χ2v) is 8.14. The SMILES string of the molecule is CCC(C)C(NC(=O)C(C)NC(=O)C(N)Cc1ccc(O)cc1)C(=O)NC(C(=O)O)C(C)O. The van der Waals surface area contributed by atoms with E-state index in [1.165, 1.54) is 26.0 Å². The van der Waals surface area contributed by atoms with Crippen molar-refractivity contribution in [3.63, 3.8) is 0 Å². The zero-order chi connectivity index (χ0) is 25.3. The largest absolute Gasteiger partial charge is 0.508 e. The van der Waals surface area contributed by atoms with E-state index < -0.39 is 54.0 Å². The van der Waals surface area contributed by atoms with Crippen LogP contribution in [0.15, 0.2) is 24.3 Å². The summed E-state index contributed by atoms with van der Waals surface area (Å²) in [6.45, 7) is 6.17. The Morgan fingerprint density at radius 2 is 1.45 bits per heavy atom. The van der Waals surface area contributed by atoms with Gasteiger partial charge in [0.1, 0.15) is 17.8 Å². The molecule has 0 aliphatic carbocycles. The highest BCUT2D eigenvalue weighted by molar-refractivity contribution is 5.94. The van der Waals surface area contributed by atoms with E-state index in [9.17, 15) is 34.5 Å². The minimum absolute atomic E-state index is 0.0880. The van der Waals surface area contributed by atoms with Crippen LogP contribution in [0.5, 0.6) is 5.75 Å². The molecule has 0 fully saturated rings. The van der Waals surface area contributed by atoms with Gasteiger partial charge < -0.3 is 37.0 Å². The van der Waals surface area contributed by atoms with Gasteiger partial charge in [-0.2, -0.15) is 0 Å². The molecule has 0 heterocycles. The third-order valence-electron chi connectivity index (χ3n) is 5.32. The molecule has 11 heteroatoms. The summed E-state index contributed by atoms with van der Waals surface area (Å²) < 4.78 is 0. The third kappa shape index (κ3) is 8.70.